The zero-order chi connectivity index (χ0) is 43.7. The summed E-state index contributed by atoms with van der Waals surface area (Å²) in [6.07, 6.45) is -6.35. The number of benzene rings is 3. The van der Waals surface area contributed by atoms with Crippen LogP contribution in [0.15, 0.2) is 66.7 Å². The minimum Gasteiger partial charge on any atom is -0.484 e. The monoisotopic (exact) mass is 832 g/mol. The first-order valence-electron chi connectivity index (χ1n) is 18.3. The van der Waals surface area contributed by atoms with Crippen LogP contribution in [0.2, 0.25) is 0 Å². The second-order valence-corrected chi connectivity index (χ2v) is 13.3. The molecule has 1 fully saturated rings. The summed E-state index contributed by atoms with van der Waals surface area (Å²) >= 11 is 0. The van der Waals surface area contributed by atoms with Crippen molar-refractivity contribution in [3.8, 4) is 28.7 Å². The minimum absolute atomic E-state index is 0.0680. The number of carbonyl (C=O) groups excluding carboxylic acids is 8. The average molecular weight is 833 g/mol. The number of hydrogen-bond donors (Lipinski definition) is 0. The Hall–Kier alpha value is -7.08. The van der Waals surface area contributed by atoms with E-state index in [-0.39, 0.29) is 35.0 Å². The molecule has 2 aliphatic heterocycles. The van der Waals surface area contributed by atoms with Gasteiger partial charge in [0.05, 0.1) is 6.42 Å². The van der Waals surface area contributed by atoms with Gasteiger partial charge in [-0.2, -0.15) is 0 Å². The van der Waals surface area contributed by atoms with Crippen LogP contribution in [-0.2, 0) is 57.2 Å². The summed E-state index contributed by atoms with van der Waals surface area (Å²) in [5, 5.41) is 0. The van der Waals surface area contributed by atoms with Crippen molar-refractivity contribution >= 4 is 53.6 Å². The fourth-order valence-electron chi connectivity index (χ4n) is 6.21. The van der Waals surface area contributed by atoms with Crippen LogP contribution in [0.3, 0.4) is 0 Å². The molecule has 5 rings (SSSR count). The molecule has 0 saturated carbocycles. The zero-order valence-corrected chi connectivity index (χ0v) is 33.2. The van der Waals surface area contributed by atoms with Crippen molar-refractivity contribution in [3.63, 3.8) is 0 Å². The molecule has 6 unspecified atom stereocenters. The molecule has 0 aliphatic carbocycles. The average Bonchev–Trinajstić information content (AvgIpc) is 3.15. The van der Waals surface area contributed by atoms with Gasteiger partial charge in [0.1, 0.15) is 53.1 Å². The standard InChI is InChI=1S/C42H40O18/c1-21(43)52-29-12-7-27(8-13-29)9-16-37(50)51-20-36-39(55-24(4)46)40(56-25(5)47)41(57-26(6)48)42(60-36)58-31-17-34(54-23(3)45)38-32(49)19-33(59-35(38)18-31)28-10-14-30(15-11-28)53-22(2)44/h7-18,33,36,39-42H,19-20H2,1-6H3/b16-9+. The number of fused-ring (bicyclic) bond motifs is 1. The van der Waals surface area contributed by atoms with E-state index in [1.165, 1.54) is 56.3 Å². The van der Waals surface area contributed by atoms with Crippen LogP contribution in [0.25, 0.3) is 6.08 Å². The lowest BCUT2D eigenvalue weighted by molar-refractivity contribution is -0.288. The summed E-state index contributed by atoms with van der Waals surface area (Å²) in [6.45, 7) is 6.19. The summed E-state index contributed by atoms with van der Waals surface area (Å²) in [5.74, 6) is -5.63. The summed E-state index contributed by atoms with van der Waals surface area (Å²) in [7, 11) is 0. The highest BCUT2D eigenvalue weighted by Gasteiger charge is 2.53. The molecule has 1 saturated heterocycles. The third kappa shape index (κ3) is 12.0. The van der Waals surface area contributed by atoms with Gasteiger partial charge in [0, 0.05) is 59.8 Å². The summed E-state index contributed by atoms with van der Waals surface area (Å²) in [6, 6.07) is 15.0. The number of carbonyl (C=O) groups is 8. The second kappa shape index (κ2) is 19.6. The van der Waals surface area contributed by atoms with E-state index >= 15 is 0 Å². The number of ketones is 1. The van der Waals surface area contributed by atoms with Crippen molar-refractivity contribution < 1.29 is 85.7 Å². The Balaban J connectivity index is 1.46. The van der Waals surface area contributed by atoms with Crippen molar-refractivity contribution in [2.75, 3.05) is 6.61 Å². The second-order valence-electron chi connectivity index (χ2n) is 13.3. The molecular formula is C42H40O18. The fraction of sp³-hybridized carbons (Fsp3) is 0.333. The summed E-state index contributed by atoms with van der Waals surface area (Å²) in [4.78, 5) is 98.5. The van der Waals surface area contributed by atoms with Crippen LogP contribution < -0.4 is 23.7 Å². The van der Waals surface area contributed by atoms with E-state index in [4.69, 9.17) is 47.4 Å². The molecule has 6 atom stereocenters. The zero-order valence-electron chi connectivity index (χ0n) is 33.2. The van der Waals surface area contributed by atoms with Crippen LogP contribution in [0, 0.1) is 0 Å². The highest BCUT2D eigenvalue weighted by Crippen LogP contribution is 2.44. The molecule has 0 radical (unpaired) electrons. The van der Waals surface area contributed by atoms with Crippen molar-refractivity contribution in [2.45, 2.75) is 84.8 Å². The van der Waals surface area contributed by atoms with E-state index in [9.17, 15) is 38.4 Å². The predicted molar refractivity (Wildman–Crippen MR) is 202 cm³/mol. The van der Waals surface area contributed by atoms with Gasteiger partial charge in [0.25, 0.3) is 0 Å². The van der Waals surface area contributed by atoms with Crippen LogP contribution in [-0.4, -0.2) is 84.9 Å². The maximum atomic E-state index is 13.6. The van der Waals surface area contributed by atoms with Crippen LogP contribution >= 0.6 is 0 Å². The minimum atomic E-state index is -1.70. The Morgan fingerprint density at radius 1 is 0.650 bits per heavy atom. The van der Waals surface area contributed by atoms with Crippen LogP contribution in [0.5, 0.6) is 28.7 Å². The van der Waals surface area contributed by atoms with Crippen molar-refractivity contribution in [2.24, 2.45) is 0 Å². The lowest BCUT2D eigenvalue weighted by Crippen LogP contribution is -2.63. The lowest BCUT2D eigenvalue weighted by atomic mass is 9.95. The van der Waals surface area contributed by atoms with Crippen molar-refractivity contribution in [1.82, 2.24) is 0 Å². The van der Waals surface area contributed by atoms with Gasteiger partial charge in [-0.3, -0.25) is 33.6 Å². The molecule has 60 heavy (non-hydrogen) atoms. The highest BCUT2D eigenvalue weighted by molar-refractivity contribution is 6.03. The molecule has 0 N–H and O–H groups in total. The Labute approximate surface area is 342 Å². The molecule has 0 spiro atoms. The maximum absolute atomic E-state index is 13.6. The van der Waals surface area contributed by atoms with Gasteiger partial charge in [-0.25, -0.2) is 4.79 Å². The topological polar surface area (TPSA) is 229 Å². The largest absolute Gasteiger partial charge is 0.484 e. The Morgan fingerprint density at radius 3 is 1.77 bits per heavy atom. The van der Waals surface area contributed by atoms with E-state index in [0.717, 1.165) is 33.8 Å². The number of ether oxygens (including phenoxy) is 10. The fourth-order valence-corrected chi connectivity index (χ4v) is 6.21. The summed E-state index contributed by atoms with van der Waals surface area (Å²) < 4.78 is 56.0. The molecule has 3 aromatic carbocycles. The SMILES string of the molecule is CC(=O)Oc1ccc(/C=C/C(=O)OCC2OC(Oc3cc(OC(C)=O)c4c(c3)OC(c3ccc(OC(C)=O)cc3)CC4=O)C(OC(C)=O)C(OC(C)=O)C2OC(C)=O)cc1. The molecular weight excluding hydrogens is 792 g/mol. The number of Topliss-reactive ketones (excluding diaryl/α,β-unsaturated/α-hetero) is 1. The quantitative estimate of drug-likeness (QED) is 0.101. The first-order valence-corrected chi connectivity index (χ1v) is 18.3. The first-order chi connectivity index (χ1) is 28.4. The van der Waals surface area contributed by atoms with Gasteiger partial charge >= 0.3 is 41.8 Å². The van der Waals surface area contributed by atoms with E-state index < -0.39 is 91.0 Å². The van der Waals surface area contributed by atoms with Gasteiger partial charge < -0.3 is 47.4 Å². The third-order valence-electron chi connectivity index (χ3n) is 8.42. The Kier molecular flexibility index (Phi) is 14.4. The lowest BCUT2D eigenvalue weighted by Gasteiger charge is -2.44. The van der Waals surface area contributed by atoms with Crippen LogP contribution in [0.1, 0.15) is 75.6 Å². The Morgan fingerprint density at radius 2 is 1.20 bits per heavy atom. The van der Waals surface area contributed by atoms with Crippen molar-refractivity contribution in [1.29, 1.82) is 0 Å². The number of hydrogen-bond acceptors (Lipinski definition) is 18. The van der Waals surface area contributed by atoms with E-state index in [1.807, 2.05) is 0 Å². The first kappa shape index (κ1) is 44.0. The molecule has 2 aliphatic rings. The van der Waals surface area contributed by atoms with Crippen molar-refractivity contribution in [3.05, 3.63) is 83.4 Å². The third-order valence-corrected chi connectivity index (χ3v) is 8.42. The van der Waals surface area contributed by atoms with Gasteiger partial charge in [-0.1, -0.05) is 24.3 Å². The molecule has 18 nitrogen and oxygen atoms in total. The smallest absolute Gasteiger partial charge is 0.330 e. The van der Waals surface area contributed by atoms with Gasteiger partial charge in [0.15, 0.2) is 18.0 Å². The van der Waals surface area contributed by atoms with E-state index in [0.29, 0.717) is 16.9 Å². The molecule has 0 bridgehead atoms. The van der Waals surface area contributed by atoms with Gasteiger partial charge in [-0.05, 0) is 41.5 Å². The number of rotatable bonds is 13. The number of esters is 7. The highest BCUT2D eigenvalue weighted by atomic mass is 16.7. The molecule has 0 amide bonds. The molecule has 0 aromatic heterocycles. The van der Waals surface area contributed by atoms with Crippen LogP contribution in [0.4, 0.5) is 0 Å². The van der Waals surface area contributed by atoms with E-state index in [1.54, 1.807) is 24.3 Å². The molecule has 2 heterocycles. The summed E-state index contributed by atoms with van der Waals surface area (Å²) in [5.41, 5.74) is 1.02. The van der Waals surface area contributed by atoms with Gasteiger partial charge in [0.2, 0.25) is 12.4 Å². The molecule has 3 aromatic rings. The molecule has 316 valence electrons. The van der Waals surface area contributed by atoms with Gasteiger partial charge in [-0.15, -0.1) is 0 Å². The van der Waals surface area contributed by atoms with E-state index in [2.05, 4.69) is 0 Å². The predicted octanol–water partition coefficient (Wildman–Crippen LogP) is 4.32. The normalized spacial score (nSPS) is 20.7. The Bertz CT molecular complexity index is 2170. The maximum Gasteiger partial charge on any atom is 0.330 e. The molecule has 18 heteroatoms.